The Morgan fingerprint density at radius 2 is 0.771 bits per heavy atom. The summed E-state index contributed by atoms with van der Waals surface area (Å²) in [4.78, 5) is 0. The van der Waals surface area contributed by atoms with Crippen molar-refractivity contribution in [1.29, 1.82) is 0 Å². The Hall–Kier alpha value is -3.57. The summed E-state index contributed by atoms with van der Waals surface area (Å²) in [7, 11) is 0.777. The Bertz CT molecular complexity index is 1950. The molecule has 0 heterocycles. The quantitative estimate of drug-likeness (QED) is 0.123. The molecule has 48 heavy (non-hydrogen) atoms. The van der Waals surface area contributed by atoms with Gasteiger partial charge in [-0.25, -0.2) is 0 Å². The normalized spacial score (nSPS) is 10.2. The van der Waals surface area contributed by atoms with Gasteiger partial charge in [0.15, 0.2) is 0 Å². The van der Waals surface area contributed by atoms with E-state index in [-0.39, 0.29) is 15.0 Å². The van der Waals surface area contributed by atoms with Crippen LogP contribution in [0.2, 0.25) is 0 Å². The number of fused-ring (bicyclic) bond motifs is 2. The van der Waals surface area contributed by atoms with Crippen LogP contribution >= 0.6 is 26.3 Å². The number of hydrogen-bond donors (Lipinski definition) is 0. The molecule has 0 saturated carbocycles. The van der Waals surface area contributed by atoms with Crippen LogP contribution in [0.25, 0.3) is 43.8 Å². The maximum Gasteiger partial charge on any atom is 0.121 e. The summed E-state index contributed by atoms with van der Waals surface area (Å²) in [6.45, 7) is 4.30. The molecule has 4 heteroatoms. The molecule has 236 valence electrons. The van der Waals surface area contributed by atoms with Crippen LogP contribution < -0.4 is 10.4 Å². The molecule has 8 rings (SSSR count). The Balaban J connectivity index is 0.000000136. The summed E-state index contributed by atoms with van der Waals surface area (Å²) >= 11 is 6.50. The second kappa shape index (κ2) is 18.8. The van der Waals surface area contributed by atoms with Gasteiger partial charge in [0.2, 0.25) is 0 Å². The van der Waals surface area contributed by atoms with Gasteiger partial charge in [0, 0.05) is 0 Å². The van der Waals surface area contributed by atoms with E-state index in [0.29, 0.717) is 0 Å². The van der Waals surface area contributed by atoms with E-state index in [1.165, 1.54) is 65.3 Å². The van der Waals surface area contributed by atoms with Crippen LogP contribution in [0.3, 0.4) is 0 Å². The van der Waals surface area contributed by atoms with E-state index in [1.54, 1.807) is 0 Å². The topological polar surface area (TPSA) is 0 Å². The SMILES string of the molecule is Cc1cc2c(-c3ccccc3)cccc2[cH-]1.Cc1cc2c(-c3ccccc3)cccc2[cH-]1.[Br][Ti][Br].c1ccc([Si]c2ccccc2)cc1. The third-order valence-corrected chi connectivity index (χ3v) is 9.04. The van der Waals surface area contributed by atoms with Gasteiger partial charge in [-0.05, 0) is 11.1 Å². The first kappa shape index (κ1) is 35.7. The molecule has 0 aliphatic rings. The van der Waals surface area contributed by atoms with Crippen molar-refractivity contribution in [3.8, 4) is 22.3 Å². The Morgan fingerprint density at radius 1 is 0.438 bits per heavy atom. The molecule has 0 nitrogen and oxygen atoms in total. The first-order chi connectivity index (χ1) is 23.6. The van der Waals surface area contributed by atoms with Crippen LogP contribution in [-0.2, 0) is 15.0 Å². The minimum Gasteiger partial charge on any atom is -0.0631 e. The summed E-state index contributed by atoms with van der Waals surface area (Å²) in [6, 6.07) is 64.3. The molecule has 0 saturated heterocycles. The van der Waals surface area contributed by atoms with Gasteiger partial charge in [0.1, 0.15) is 9.52 Å². The summed E-state index contributed by atoms with van der Waals surface area (Å²) in [5.74, 6) is 0. The van der Waals surface area contributed by atoms with Crippen LogP contribution in [0, 0.1) is 13.8 Å². The summed E-state index contributed by atoms with van der Waals surface area (Å²) in [6.07, 6.45) is 0. The Morgan fingerprint density at radius 3 is 1.12 bits per heavy atom. The van der Waals surface area contributed by atoms with Gasteiger partial charge in [-0.2, -0.15) is 12.1 Å². The zero-order valence-electron chi connectivity index (χ0n) is 27.1. The molecule has 0 amide bonds. The minimum atomic E-state index is 0.125. The van der Waals surface area contributed by atoms with E-state index in [4.69, 9.17) is 0 Å². The molecule has 8 aromatic rings. The van der Waals surface area contributed by atoms with Crippen molar-refractivity contribution in [2.75, 3.05) is 0 Å². The maximum atomic E-state index is 3.19. The van der Waals surface area contributed by atoms with Crippen LogP contribution in [0.15, 0.2) is 182 Å². The van der Waals surface area contributed by atoms with Gasteiger partial charge in [0.25, 0.3) is 0 Å². The van der Waals surface area contributed by atoms with Gasteiger partial charge < -0.3 is 0 Å². The van der Waals surface area contributed by atoms with E-state index in [2.05, 4.69) is 222 Å². The van der Waals surface area contributed by atoms with Crippen LogP contribution in [0.5, 0.6) is 0 Å². The second-order valence-corrected chi connectivity index (χ2v) is 20.6. The fraction of sp³-hybridized carbons (Fsp3) is 0.0455. The van der Waals surface area contributed by atoms with Crippen molar-refractivity contribution in [3.63, 3.8) is 0 Å². The van der Waals surface area contributed by atoms with Crippen molar-refractivity contribution in [2.24, 2.45) is 0 Å². The summed E-state index contributed by atoms with van der Waals surface area (Å²) in [5, 5.41) is 8.16. The molecule has 0 unspecified atom stereocenters. The standard InChI is InChI=1S/2C16H13.C12H10Si.2BrH.Ti/c2*1-12-10-14-8-5-9-15(16(14)11-12)13-6-3-2-4-7-13;1-3-7-11(8-4-1)13-12-9-5-2-6-10-12;;;/h2*2-11H,1H3;1-10H;2*1H;/q2*-1;;;;+2/p-2. The predicted molar refractivity (Wildman–Crippen MR) is 215 cm³/mol. The zero-order chi connectivity index (χ0) is 33.6. The fourth-order valence-electron chi connectivity index (χ4n) is 5.72. The van der Waals surface area contributed by atoms with Crippen molar-refractivity contribution in [3.05, 3.63) is 193 Å². The van der Waals surface area contributed by atoms with Crippen molar-refractivity contribution in [2.45, 2.75) is 13.8 Å². The van der Waals surface area contributed by atoms with E-state index >= 15 is 0 Å². The van der Waals surface area contributed by atoms with E-state index in [0.717, 1.165) is 9.52 Å². The van der Waals surface area contributed by atoms with Crippen molar-refractivity contribution in [1.82, 2.24) is 0 Å². The van der Waals surface area contributed by atoms with Gasteiger partial charge >= 0.3 is 41.3 Å². The molecule has 0 aromatic heterocycles. The Labute approximate surface area is 309 Å². The van der Waals surface area contributed by atoms with Crippen molar-refractivity contribution >= 4 is 67.8 Å². The average Bonchev–Trinajstić information content (AvgIpc) is 3.71. The molecule has 2 radical (unpaired) electrons. The first-order valence-corrected chi connectivity index (χ1v) is 24.5. The molecule has 0 aliphatic heterocycles. The molecule has 0 bridgehead atoms. The molecule has 0 N–H and O–H groups in total. The molecule has 0 atom stereocenters. The smallest absolute Gasteiger partial charge is 0.0631 e. The fourth-order valence-corrected chi connectivity index (χ4v) is 6.77. The monoisotopic (exact) mass is 798 g/mol. The van der Waals surface area contributed by atoms with E-state index in [1.807, 2.05) is 0 Å². The van der Waals surface area contributed by atoms with E-state index in [9.17, 15) is 0 Å². The van der Waals surface area contributed by atoms with Gasteiger partial charge in [0.05, 0.1) is 0 Å². The van der Waals surface area contributed by atoms with E-state index < -0.39 is 0 Å². The zero-order valence-corrected chi connectivity index (χ0v) is 32.8. The number of benzene rings is 6. The maximum absolute atomic E-state index is 3.19. The largest absolute Gasteiger partial charge is 0.121 e. The van der Waals surface area contributed by atoms with Crippen LogP contribution in [0.1, 0.15) is 11.1 Å². The number of aryl methyl sites for hydroxylation is 2. The Kier molecular flexibility index (Phi) is 14.0. The van der Waals surface area contributed by atoms with Gasteiger partial charge in [-0.1, -0.05) is 169 Å². The average molecular weight is 801 g/mol. The summed E-state index contributed by atoms with van der Waals surface area (Å²) < 4.78 is 0. The minimum absolute atomic E-state index is 0.125. The van der Waals surface area contributed by atoms with Crippen molar-refractivity contribution < 1.29 is 15.0 Å². The molecule has 0 aliphatic carbocycles. The first-order valence-electron chi connectivity index (χ1n) is 15.8. The van der Waals surface area contributed by atoms with Crippen LogP contribution in [-0.4, -0.2) is 9.52 Å². The molecule has 8 aromatic carbocycles. The third-order valence-electron chi connectivity index (χ3n) is 7.80. The second-order valence-electron chi connectivity index (χ2n) is 11.3. The summed E-state index contributed by atoms with van der Waals surface area (Å²) in [5.41, 5.74) is 7.89. The van der Waals surface area contributed by atoms with Crippen LogP contribution in [0.4, 0.5) is 0 Å². The number of rotatable bonds is 4. The number of hydrogen-bond acceptors (Lipinski definition) is 0. The number of halogens is 2. The molecule has 0 spiro atoms. The van der Waals surface area contributed by atoms with Gasteiger partial charge in [-0.3, -0.25) is 0 Å². The molecule has 0 fully saturated rings. The molecular formula is C44H36Br2SiTi-2. The van der Waals surface area contributed by atoms with Gasteiger partial charge in [-0.15, -0.1) is 69.1 Å². The third kappa shape index (κ3) is 10.2. The molecular weight excluding hydrogens is 764 g/mol. The predicted octanol–water partition coefficient (Wildman–Crippen LogP) is 12.1.